The Hall–Kier alpha value is -3.29. The lowest BCUT2D eigenvalue weighted by Crippen LogP contribution is -2.51. The molecule has 9 heteroatoms. The first-order valence-corrected chi connectivity index (χ1v) is 12.1. The Kier molecular flexibility index (Phi) is 8.01. The average Bonchev–Trinajstić information content (AvgIpc) is 3.10. The van der Waals surface area contributed by atoms with E-state index in [1.54, 1.807) is 6.07 Å². The van der Waals surface area contributed by atoms with Crippen molar-refractivity contribution in [3.63, 3.8) is 0 Å². The van der Waals surface area contributed by atoms with Crippen molar-refractivity contribution in [1.29, 1.82) is 5.26 Å². The number of pyridine rings is 1. The molecule has 9 nitrogen and oxygen atoms in total. The third-order valence-electron chi connectivity index (χ3n) is 6.49. The number of hydrogen-bond donors (Lipinski definition) is 1. The van der Waals surface area contributed by atoms with Crippen molar-refractivity contribution in [2.45, 2.75) is 45.4 Å². The summed E-state index contributed by atoms with van der Waals surface area (Å²) in [5.74, 6) is 5.38. The molecule has 2 aromatic rings. The highest BCUT2D eigenvalue weighted by Gasteiger charge is 2.32. The Morgan fingerprint density at radius 3 is 2.61 bits per heavy atom. The van der Waals surface area contributed by atoms with E-state index in [0.29, 0.717) is 31.1 Å². The van der Waals surface area contributed by atoms with Crippen molar-refractivity contribution in [1.82, 2.24) is 9.88 Å². The first-order valence-electron chi connectivity index (χ1n) is 12.1. The van der Waals surface area contributed by atoms with Crippen molar-refractivity contribution in [3.05, 3.63) is 64.9 Å². The lowest BCUT2D eigenvalue weighted by Gasteiger charge is -2.39. The number of ether oxygens (including phenoxy) is 3. The number of fused-ring (bicyclic) bond motifs is 1. The van der Waals surface area contributed by atoms with Crippen LogP contribution in [-0.2, 0) is 27.2 Å². The Bertz CT molecular complexity index is 1180. The molecule has 2 aliphatic heterocycles. The van der Waals surface area contributed by atoms with Gasteiger partial charge in [-0.2, -0.15) is 11.2 Å². The zero-order valence-electron chi connectivity index (χ0n) is 21.1. The second kappa shape index (κ2) is 11.2. The van der Waals surface area contributed by atoms with Crippen LogP contribution in [0.2, 0.25) is 0 Å². The summed E-state index contributed by atoms with van der Waals surface area (Å²) >= 11 is 0. The molecule has 36 heavy (non-hydrogen) atoms. The molecule has 0 unspecified atom stereocenters. The molecule has 0 amide bonds. The van der Waals surface area contributed by atoms with Crippen molar-refractivity contribution in [3.8, 4) is 11.9 Å². The molecule has 0 spiro atoms. The maximum absolute atomic E-state index is 9.43. The summed E-state index contributed by atoms with van der Waals surface area (Å²) in [6.45, 7) is 13.5. The fourth-order valence-corrected chi connectivity index (χ4v) is 4.43. The van der Waals surface area contributed by atoms with E-state index >= 15 is 0 Å². The summed E-state index contributed by atoms with van der Waals surface area (Å²) in [5.41, 5.74) is 4.71. The second-order valence-electron chi connectivity index (χ2n) is 9.30. The molecule has 4 rings (SSSR count). The van der Waals surface area contributed by atoms with E-state index in [2.05, 4.69) is 39.7 Å². The number of nitrogens with zero attached hydrogens (tertiary/aromatic N) is 4. The molecule has 190 valence electrons. The van der Waals surface area contributed by atoms with E-state index in [9.17, 15) is 5.26 Å². The van der Waals surface area contributed by atoms with Crippen LogP contribution in [0, 0.1) is 11.3 Å². The van der Waals surface area contributed by atoms with Crippen LogP contribution in [0.5, 0.6) is 5.88 Å². The highest BCUT2D eigenvalue weighted by Crippen LogP contribution is 2.26. The van der Waals surface area contributed by atoms with E-state index in [1.807, 2.05) is 26.8 Å². The summed E-state index contributed by atoms with van der Waals surface area (Å²) in [6.07, 6.45) is 3.38. The van der Waals surface area contributed by atoms with Crippen LogP contribution in [0.25, 0.3) is 5.70 Å². The van der Waals surface area contributed by atoms with E-state index in [4.69, 9.17) is 24.9 Å². The molecule has 0 atom stereocenters. The van der Waals surface area contributed by atoms with Crippen LogP contribution in [0.4, 0.5) is 0 Å². The first-order chi connectivity index (χ1) is 17.3. The monoisotopic (exact) mass is 491 g/mol. The molecule has 3 heterocycles. The van der Waals surface area contributed by atoms with Crippen LogP contribution in [0.15, 0.2) is 42.0 Å². The molecule has 0 aliphatic carbocycles. The number of hydrogen-bond acceptors (Lipinski definition) is 9. The largest absolute Gasteiger partial charge is 0.477 e. The number of nitriles is 1. The number of nitrogens with two attached hydrogens (primary N) is 1. The van der Waals surface area contributed by atoms with Crippen LogP contribution >= 0.6 is 0 Å². The Morgan fingerprint density at radius 2 is 1.94 bits per heavy atom. The Morgan fingerprint density at radius 1 is 1.22 bits per heavy atom. The number of aliphatic imine (C=N–C) groups is 1. The lowest BCUT2D eigenvalue weighted by molar-refractivity contribution is -0.263. The third kappa shape index (κ3) is 5.91. The van der Waals surface area contributed by atoms with E-state index in [-0.39, 0.29) is 23.4 Å². The third-order valence-corrected chi connectivity index (χ3v) is 6.49. The minimum atomic E-state index is -0.509. The van der Waals surface area contributed by atoms with Gasteiger partial charge in [0.25, 0.3) is 0 Å². The average molecular weight is 492 g/mol. The maximum Gasteiger partial charge on any atom is 0.246 e. The van der Waals surface area contributed by atoms with Gasteiger partial charge in [0.2, 0.25) is 11.8 Å². The quantitative estimate of drug-likeness (QED) is 0.372. The number of aromatic nitrogens is 1. The summed E-state index contributed by atoms with van der Waals surface area (Å²) in [6, 6.07) is 10.2. The normalized spacial score (nSPS) is 18.6. The van der Waals surface area contributed by atoms with Crippen LogP contribution in [0.1, 0.15) is 48.6 Å². The van der Waals surface area contributed by atoms with E-state index < -0.39 is 5.79 Å². The number of benzene rings is 1. The maximum atomic E-state index is 9.43. The minimum absolute atomic E-state index is 0.119. The molecular weight excluding hydrogens is 458 g/mol. The molecule has 2 N–H and O–H groups in total. The van der Waals surface area contributed by atoms with Gasteiger partial charge in [-0.1, -0.05) is 18.7 Å². The molecule has 0 radical (unpaired) electrons. The van der Waals surface area contributed by atoms with Gasteiger partial charge in [-0.15, -0.1) is 0 Å². The lowest BCUT2D eigenvalue weighted by atomic mass is 9.99. The Labute approximate surface area is 212 Å². The van der Waals surface area contributed by atoms with Gasteiger partial charge in [0.15, 0.2) is 5.79 Å². The molecule has 0 saturated carbocycles. The number of rotatable bonds is 6. The van der Waals surface area contributed by atoms with Crippen molar-refractivity contribution in [2.24, 2.45) is 10.9 Å². The van der Waals surface area contributed by atoms with Gasteiger partial charge >= 0.3 is 0 Å². The van der Waals surface area contributed by atoms with Gasteiger partial charge in [-0.05, 0) is 62.4 Å². The molecular formula is C27H33N5O4. The standard InChI is InChI=1S/C27H33N5O4/c1-5-33-25-22(14-28)13-23(15-30-25)26(36-29)31-18(2)20-7-6-19-8-10-32(11-9-21(19)12-20)24-16-34-27(3,4)35-17-24/h6-7,12-13,15,24H,2,5,8-11,16-17,29H2,1,3-4H3. The SMILES string of the molecule is C=C(N=C(ON)c1cnc(OCC)c(C#N)c1)c1ccc2c(c1)CCN(C1COC(C)(C)OC1)CC2. The van der Waals surface area contributed by atoms with Gasteiger partial charge in [0.1, 0.15) is 11.6 Å². The topological polar surface area (TPSA) is 115 Å². The van der Waals surface area contributed by atoms with Gasteiger partial charge in [0, 0.05) is 19.3 Å². The van der Waals surface area contributed by atoms with Crippen LogP contribution < -0.4 is 10.6 Å². The van der Waals surface area contributed by atoms with Gasteiger partial charge < -0.3 is 19.0 Å². The summed E-state index contributed by atoms with van der Waals surface area (Å²) in [5, 5.41) is 9.43. The van der Waals surface area contributed by atoms with E-state index in [0.717, 1.165) is 31.5 Å². The zero-order valence-corrected chi connectivity index (χ0v) is 21.1. The smallest absolute Gasteiger partial charge is 0.246 e. The fraction of sp³-hybridized carbons (Fsp3) is 0.444. The van der Waals surface area contributed by atoms with E-state index in [1.165, 1.54) is 17.3 Å². The Balaban J connectivity index is 1.48. The molecule has 1 saturated heterocycles. The summed E-state index contributed by atoms with van der Waals surface area (Å²) in [7, 11) is 0. The van der Waals surface area contributed by atoms with Crippen molar-refractivity contribution < 1.29 is 19.0 Å². The van der Waals surface area contributed by atoms with Gasteiger partial charge in [-0.3, -0.25) is 4.90 Å². The molecule has 0 bridgehead atoms. The first kappa shape index (κ1) is 25.8. The van der Waals surface area contributed by atoms with Gasteiger partial charge in [0.05, 0.1) is 37.1 Å². The molecule has 2 aliphatic rings. The second-order valence-corrected chi connectivity index (χ2v) is 9.30. The highest BCUT2D eigenvalue weighted by atomic mass is 16.7. The summed E-state index contributed by atoms with van der Waals surface area (Å²) < 4.78 is 17.1. The van der Waals surface area contributed by atoms with Crippen molar-refractivity contribution in [2.75, 3.05) is 32.9 Å². The van der Waals surface area contributed by atoms with Crippen LogP contribution in [0.3, 0.4) is 0 Å². The fourth-order valence-electron chi connectivity index (χ4n) is 4.43. The molecule has 1 aromatic carbocycles. The van der Waals surface area contributed by atoms with Crippen molar-refractivity contribution >= 4 is 11.6 Å². The highest BCUT2D eigenvalue weighted by molar-refractivity contribution is 5.97. The molecule has 1 fully saturated rings. The molecule has 1 aromatic heterocycles. The minimum Gasteiger partial charge on any atom is -0.477 e. The zero-order chi connectivity index (χ0) is 25.7. The van der Waals surface area contributed by atoms with Gasteiger partial charge in [-0.25, -0.2) is 9.98 Å². The predicted octanol–water partition coefficient (Wildman–Crippen LogP) is 3.21. The predicted molar refractivity (Wildman–Crippen MR) is 136 cm³/mol. The summed E-state index contributed by atoms with van der Waals surface area (Å²) in [4.78, 5) is 16.2. The van der Waals surface area contributed by atoms with Crippen LogP contribution in [-0.4, -0.2) is 60.5 Å².